The topological polar surface area (TPSA) is 112 Å². The van der Waals surface area contributed by atoms with Crippen molar-refractivity contribution in [1.29, 1.82) is 0 Å². The van der Waals surface area contributed by atoms with E-state index >= 15 is 0 Å². The SMILES string of the molecule is CCOC(=O)c1[nH]c(C)c(C(O)=C2C(=O)C(=O)N(CCCN3CCOCC3)[C@H]2c2cccs2)c1C. The Labute approximate surface area is 208 Å². The molecule has 0 radical (unpaired) electrons. The van der Waals surface area contributed by atoms with E-state index < -0.39 is 23.7 Å². The molecule has 2 N–H and O–H groups in total. The molecule has 0 spiro atoms. The summed E-state index contributed by atoms with van der Waals surface area (Å²) < 4.78 is 10.5. The Morgan fingerprint density at radius 2 is 2.00 bits per heavy atom. The summed E-state index contributed by atoms with van der Waals surface area (Å²) in [4.78, 5) is 46.3. The van der Waals surface area contributed by atoms with Gasteiger partial charge in [0.15, 0.2) is 0 Å². The zero-order valence-electron chi connectivity index (χ0n) is 20.3. The summed E-state index contributed by atoms with van der Waals surface area (Å²) in [5, 5.41) is 13.3. The number of carbonyl (C=O) groups is 3. The number of H-pyrrole nitrogens is 1. The maximum atomic E-state index is 13.2. The minimum Gasteiger partial charge on any atom is -0.507 e. The fraction of sp³-hybridized carbons (Fsp3) is 0.480. The molecular formula is C25H31N3O6S. The third-order valence-corrected chi connectivity index (χ3v) is 7.41. The number of aromatic nitrogens is 1. The highest BCUT2D eigenvalue weighted by Gasteiger charge is 2.46. The largest absolute Gasteiger partial charge is 0.507 e. The van der Waals surface area contributed by atoms with Crippen LogP contribution in [0.15, 0.2) is 23.1 Å². The van der Waals surface area contributed by atoms with E-state index in [2.05, 4.69) is 9.88 Å². The Morgan fingerprint density at radius 1 is 1.26 bits per heavy atom. The average Bonchev–Trinajstić information content (AvgIpc) is 3.53. The van der Waals surface area contributed by atoms with Gasteiger partial charge in [-0.2, -0.15) is 0 Å². The van der Waals surface area contributed by atoms with Gasteiger partial charge in [-0.3, -0.25) is 14.5 Å². The van der Waals surface area contributed by atoms with Crippen LogP contribution in [0.5, 0.6) is 0 Å². The first-order valence-electron chi connectivity index (χ1n) is 11.8. The minimum absolute atomic E-state index is 0.0458. The van der Waals surface area contributed by atoms with Crippen LogP contribution in [0.4, 0.5) is 0 Å². The molecule has 2 aliphatic rings. The van der Waals surface area contributed by atoms with Crippen molar-refractivity contribution in [2.24, 2.45) is 0 Å². The van der Waals surface area contributed by atoms with Crippen LogP contribution in [-0.4, -0.2) is 83.5 Å². The number of nitrogens with one attached hydrogen (secondary N) is 1. The number of aromatic amines is 1. The second-order valence-electron chi connectivity index (χ2n) is 8.66. The molecule has 4 heterocycles. The summed E-state index contributed by atoms with van der Waals surface area (Å²) in [7, 11) is 0. The molecule has 2 fully saturated rings. The van der Waals surface area contributed by atoms with Crippen molar-refractivity contribution in [1.82, 2.24) is 14.8 Å². The first-order valence-corrected chi connectivity index (χ1v) is 12.7. The quantitative estimate of drug-likeness (QED) is 0.247. The number of morpholine rings is 1. The monoisotopic (exact) mass is 501 g/mol. The summed E-state index contributed by atoms with van der Waals surface area (Å²) in [5.41, 5.74) is 1.61. The summed E-state index contributed by atoms with van der Waals surface area (Å²) in [6.45, 7) is 9.60. The van der Waals surface area contributed by atoms with Gasteiger partial charge in [0.1, 0.15) is 11.5 Å². The van der Waals surface area contributed by atoms with E-state index in [9.17, 15) is 19.5 Å². The third-order valence-electron chi connectivity index (χ3n) is 6.48. The van der Waals surface area contributed by atoms with Gasteiger partial charge >= 0.3 is 5.97 Å². The molecule has 35 heavy (non-hydrogen) atoms. The van der Waals surface area contributed by atoms with E-state index in [4.69, 9.17) is 9.47 Å². The van der Waals surface area contributed by atoms with E-state index in [-0.39, 0.29) is 23.6 Å². The zero-order valence-corrected chi connectivity index (χ0v) is 21.1. The summed E-state index contributed by atoms with van der Waals surface area (Å²) in [6, 6.07) is 3.04. The smallest absolute Gasteiger partial charge is 0.355 e. The molecule has 1 atom stereocenters. The minimum atomic E-state index is -0.718. The number of likely N-dealkylation sites (tertiary alicyclic amines) is 1. The van der Waals surface area contributed by atoms with E-state index in [1.54, 1.807) is 25.7 Å². The molecule has 2 aromatic heterocycles. The molecule has 0 aromatic carbocycles. The number of hydrogen-bond acceptors (Lipinski definition) is 8. The molecule has 0 saturated carbocycles. The van der Waals surface area contributed by atoms with Gasteiger partial charge < -0.3 is 24.5 Å². The number of aliphatic hydroxyl groups is 1. The predicted molar refractivity (Wildman–Crippen MR) is 131 cm³/mol. The third kappa shape index (κ3) is 4.91. The number of thiophene rings is 1. The second kappa shape index (κ2) is 10.8. The number of ether oxygens (including phenoxy) is 2. The number of carbonyl (C=O) groups excluding carboxylic acids is 3. The van der Waals surface area contributed by atoms with Crippen LogP contribution in [-0.2, 0) is 19.1 Å². The molecule has 4 rings (SSSR count). The van der Waals surface area contributed by atoms with Gasteiger partial charge in [-0.05, 0) is 44.2 Å². The number of aliphatic hydroxyl groups excluding tert-OH is 1. The molecule has 1 amide bonds. The maximum Gasteiger partial charge on any atom is 0.355 e. The second-order valence-corrected chi connectivity index (χ2v) is 9.64. The Bertz CT molecular complexity index is 1130. The standard InChI is InChI=1S/C25H31N3O6S/c1-4-34-25(32)20-15(2)18(16(3)26-20)22(29)19-21(17-7-5-14-35-17)28(24(31)23(19)30)9-6-8-27-10-12-33-13-11-27/h5,7,14,21,26,29H,4,6,8-13H2,1-3H3/t21-/m0/s1. The van der Waals surface area contributed by atoms with Crippen molar-refractivity contribution in [3.63, 3.8) is 0 Å². The number of hydrogen-bond donors (Lipinski definition) is 2. The number of esters is 1. The molecule has 2 aliphatic heterocycles. The molecule has 9 nitrogen and oxygen atoms in total. The van der Waals surface area contributed by atoms with Crippen molar-refractivity contribution in [2.75, 3.05) is 46.0 Å². The predicted octanol–water partition coefficient (Wildman–Crippen LogP) is 3.01. The normalized spacial score (nSPS) is 20.5. The number of Topliss-reactive ketones (excluding diaryl/α,β-unsaturated/α-hetero) is 1. The summed E-state index contributed by atoms with van der Waals surface area (Å²) in [6.07, 6.45) is 0.699. The van der Waals surface area contributed by atoms with Gasteiger partial charge in [-0.15, -0.1) is 11.3 Å². The molecule has 2 aromatic rings. The van der Waals surface area contributed by atoms with Gasteiger partial charge in [0.2, 0.25) is 0 Å². The fourth-order valence-corrected chi connectivity index (χ4v) is 5.64. The van der Waals surface area contributed by atoms with Crippen molar-refractivity contribution < 1.29 is 29.0 Å². The zero-order chi connectivity index (χ0) is 25.1. The Hall–Kier alpha value is -2.95. The van der Waals surface area contributed by atoms with E-state index in [1.165, 1.54) is 11.3 Å². The van der Waals surface area contributed by atoms with Crippen molar-refractivity contribution in [3.05, 3.63) is 50.5 Å². The van der Waals surface area contributed by atoms with E-state index in [0.717, 1.165) is 24.5 Å². The van der Waals surface area contributed by atoms with Crippen molar-refractivity contribution in [2.45, 2.75) is 33.2 Å². The first-order chi connectivity index (χ1) is 16.8. The van der Waals surface area contributed by atoms with Gasteiger partial charge in [0.25, 0.3) is 11.7 Å². The molecule has 188 valence electrons. The lowest BCUT2D eigenvalue weighted by atomic mass is 9.97. The molecule has 10 heteroatoms. The van der Waals surface area contributed by atoms with Crippen molar-refractivity contribution >= 4 is 34.8 Å². The lowest BCUT2D eigenvalue weighted by Crippen LogP contribution is -2.38. The Morgan fingerprint density at radius 3 is 2.66 bits per heavy atom. The highest BCUT2D eigenvalue weighted by atomic mass is 32.1. The number of aryl methyl sites for hydroxylation is 1. The van der Waals surface area contributed by atoms with Crippen LogP contribution < -0.4 is 0 Å². The van der Waals surface area contributed by atoms with Crippen LogP contribution in [0, 0.1) is 13.8 Å². The fourth-order valence-electron chi connectivity index (χ4n) is 4.79. The van der Waals surface area contributed by atoms with Crippen molar-refractivity contribution in [3.8, 4) is 0 Å². The van der Waals surface area contributed by atoms with Gasteiger partial charge in [-0.25, -0.2) is 4.79 Å². The highest BCUT2D eigenvalue weighted by Crippen LogP contribution is 2.42. The Kier molecular flexibility index (Phi) is 7.73. The van der Waals surface area contributed by atoms with Crippen LogP contribution >= 0.6 is 11.3 Å². The molecule has 0 bridgehead atoms. The number of rotatable bonds is 8. The van der Waals surface area contributed by atoms with Crippen LogP contribution in [0.25, 0.3) is 5.76 Å². The summed E-state index contributed by atoms with van der Waals surface area (Å²) in [5.74, 6) is -2.15. The Balaban J connectivity index is 1.68. The first kappa shape index (κ1) is 25.2. The molecule has 0 unspecified atom stereocenters. The number of nitrogens with zero attached hydrogens (tertiary/aromatic N) is 2. The van der Waals surface area contributed by atoms with E-state index in [1.807, 2.05) is 17.5 Å². The van der Waals surface area contributed by atoms with Crippen LogP contribution in [0.2, 0.25) is 0 Å². The number of ketones is 1. The maximum absolute atomic E-state index is 13.2. The van der Waals surface area contributed by atoms with Gasteiger partial charge in [0, 0.05) is 42.3 Å². The highest BCUT2D eigenvalue weighted by molar-refractivity contribution is 7.10. The number of amides is 1. The van der Waals surface area contributed by atoms with Gasteiger partial charge in [0.05, 0.1) is 31.4 Å². The lowest BCUT2D eigenvalue weighted by molar-refractivity contribution is -0.140. The van der Waals surface area contributed by atoms with Crippen LogP contribution in [0.1, 0.15) is 51.6 Å². The lowest BCUT2D eigenvalue weighted by Gasteiger charge is -2.28. The van der Waals surface area contributed by atoms with E-state index in [0.29, 0.717) is 43.0 Å². The van der Waals surface area contributed by atoms with Gasteiger partial charge in [-0.1, -0.05) is 6.07 Å². The summed E-state index contributed by atoms with van der Waals surface area (Å²) >= 11 is 1.43. The molecule has 0 aliphatic carbocycles. The average molecular weight is 502 g/mol. The molecule has 2 saturated heterocycles. The van der Waals surface area contributed by atoms with Crippen LogP contribution in [0.3, 0.4) is 0 Å². The molecular weight excluding hydrogens is 470 g/mol.